The van der Waals surface area contributed by atoms with Crippen LogP contribution in [0, 0.1) is 0 Å². The fourth-order valence-electron chi connectivity index (χ4n) is 5.02. The minimum absolute atomic E-state index is 0.0905. The van der Waals surface area contributed by atoms with Crippen LogP contribution < -0.4 is 10.1 Å². The number of rotatable bonds is 5. The molecule has 0 saturated heterocycles. The highest BCUT2D eigenvalue weighted by atomic mass is 16.5. The van der Waals surface area contributed by atoms with Gasteiger partial charge in [-0.15, -0.1) is 0 Å². The van der Waals surface area contributed by atoms with Crippen molar-refractivity contribution in [2.24, 2.45) is 7.05 Å². The van der Waals surface area contributed by atoms with Crippen LogP contribution in [0.4, 0.5) is 5.69 Å². The second-order valence-electron chi connectivity index (χ2n) is 8.56. The number of carbonyl (C=O) groups is 2. The van der Waals surface area contributed by atoms with E-state index in [4.69, 9.17) is 4.74 Å². The Labute approximate surface area is 198 Å². The first-order chi connectivity index (χ1) is 16.5. The third kappa shape index (κ3) is 3.52. The van der Waals surface area contributed by atoms with Gasteiger partial charge in [0.05, 0.1) is 24.3 Å². The van der Waals surface area contributed by atoms with Gasteiger partial charge in [0.15, 0.2) is 0 Å². The Kier molecular flexibility index (Phi) is 5.57. The topological polar surface area (TPSA) is 63.6 Å². The summed E-state index contributed by atoms with van der Waals surface area (Å²) in [6.07, 6.45) is 2.03. The number of carbonyl (C=O) groups excluding carboxylic acids is 2. The summed E-state index contributed by atoms with van der Waals surface area (Å²) in [6.45, 7) is 2.40. The van der Waals surface area contributed by atoms with Crippen molar-refractivity contribution in [1.82, 2.24) is 9.47 Å². The van der Waals surface area contributed by atoms with Gasteiger partial charge < -0.3 is 19.5 Å². The molecule has 3 aromatic carbocycles. The number of nitrogens with zero attached hydrogens (tertiary/aromatic N) is 2. The zero-order valence-corrected chi connectivity index (χ0v) is 19.5. The van der Waals surface area contributed by atoms with Crippen LogP contribution in [0.2, 0.25) is 0 Å². The van der Waals surface area contributed by atoms with Crippen molar-refractivity contribution < 1.29 is 14.3 Å². The second kappa shape index (κ2) is 8.71. The summed E-state index contributed by atoms with van der Waals surface area (Å²) in [4.78, 5) is 29.0. The quantitative estimate of drug-likeness (QED) is 0.456. The number of aryl methyl sites for hydroxylation is 1. The highest BCUT2D eigenvalue weighted by molar-refractivity contribution is 6.05. The maximum Gasteiger partial charge on any atom is 0.254 e. The van der Waals surface area contributed by atoms with Crippen molar-refractivity contribution in [2.75, 3.05) is 19.0 Å². The molecule has 0 radical (unpaired) electrons. The van der Waals surface area contributed by atoms with Crippen molar-refractivity contribution in [3.8, 4) is 5.75 Å². The van der Waals surface area contributed by atoms with Crippen LogP contribution in [-0.4, -0.2) is 34.9 Å². The van der Waals surface area contributed by atoms with Crippen LogP contribution >= 0.6 is 0 Å². The zero-order chi connectivity index (χ0) is 23.8. The summed E-state index contributed by atoms with van der Waals surface area (Å²) in [5.41, 5.74) is 3.90. The summed E-state index contributed by atoms with van der Waals surface area (Å²) in [5, 5.41) is 4.12. The van der Waals surface area contributed by atoms with Crippen molar-refractivity contribution in [3.05, 3.63) is 95.7 Å². The second-order valence-corrected chi connectivity index (χ2v) is 8.56. The molecule has 0 saturated carbocycles. The molecule has 6 nitrogen and oxygen atoms in total. The van der Waals surface area contributed by atoms with Crippen molar-refractivity contribution in [3.63, 3.8) is 0 Å². The first kappa shape index (κ1) is 21.8. The van der Waals surface area contributed by atoms with Gasteiger partial charge in [-0.1, -0.05) is 48.5 Å². The Balaban J connectivity index is 1.66. The summed E-state index contributed by atoms with van der Waals surface area (Å²) < 4.78 is 7.77. The molecule has 0 aliphatic carbocycles. The lowest BCUT2D eigenvalue weighted by atomic mass is 9.79. The monoisotopic (exact) mass is 453 g/mol. The van der Waals surface area contributed by atoms with Gasteiger partial charge in [-0.3, -0.25) is 9.59 Å². The molecule has 2 amide bonds. The molecule has 34 heavy (non-hydrogen) atoms. The number of aromatic nitrogens is 1. The zero-order valence-electron chi connectivity index (χ0n) is 19.5. The van der Waals surface area contributed by atoms with E-state index in [1.807, 2.05) is 91.5 Å². The standard InChI is InChI=1S/C28H27N3O3/c1-4-34-24-16-10-8-14-22(24)29-27(32)25-19-12-5-6-13-20(19)28(33)31(3)26(25)21-17-30(2)23-15-9-7-11-18(21)23/h5-17,25-26H,4H2,1-3H3,(H,29,32)/t25-,26-/m1/s1. The molecule has 6 heteroatoms. The fraction of sp³-hybridized carbons (Fsp3) is 0.214. The summed E-state index contributed by atoms with van der Waals surface area (Å²) in [7, 11) is 3.76. The average Bonchev–Trinajstić information content (AvgIpc) is 3.18. The highest BCUT2D eigenvalue weighted by Gasteiger charge is 2.43. The van der Waals surface area contributed by atoms with E-state index >= 15 is 0 Å². The lowest BCUT2D eigenvalue weighted by Gasteiger charge is -2.39. The summed E-state index contributed by atoms with van der Waals surface area (Å²) in [5.74, 6) is -0.253. The van der Waals surface area contributed by atoms with Gasteiger partial charge in [0.1, 0.15) is 5.75 Å². The average molecular weight is 454 g/mol. The van der Waals surface area contributed by atoms with Crippen molar-refractivity contribution in [2.45, 2.75) is 18.9 Å². The molecule has 0 fully saturated rings. The van der Waals surface area contributed by atoms with Gasteiger partial charge in [0.2, 0.25) is 5.91 Å². The van der Waals surface area contributed by atoms with E-state index in [0.717, 1.165) is 22.0 Å². The Morgan fingerprint density at radius 1 is 0.941 bits per heavy atom. The fourth-order valence-corrected chi connectivity index (χ4v) is 5.02. The van der Waals surface area contributed by atoms with Gasteiger partial charge in [0, 0.05) is 42.3 Å². The van der Waals surface area contributed by atoms with Crippen LogP contribution in [0.25, 0.3) is 10.9 Å². The minimum Gasteiger partial charge on any atom is -0.492 e. The number of fused-ring (bicyclic) bond motifs is 2. The molecule has 172 valence electrons. The van der Waals surface area contributed by atoms with Gasteiger partial charge >= 0.3 is 0 Å². The number of benzene rings is 3. The highest BCUT2D eigenvalue weighted by Crippen LogP contribution is 2.45. The lowest BCUT2D eigenvalue weighted by Crippen LogP contribution is -2.44. The number of hydrogen-bond acceptors (Lipinski definition) is 3. The third-order valence-corrected chi connectivity index (χ3v) is 6.55. The molecular weight excluding hydrogens is 426 g/mol. The maximum atomic E-state index is 14.0. The Hall–Kier alpha value is -4.06. The van der Waals surface area contributed by atoms with Crippen LogP contribution in [0.1, 0.15) is 40.4 Å². The summed E-state index contributed by atoms with van der Waals surface area (Å²) in [6, 6.07) is 22.4. The summed E-state index contributed by atoms with van der Waals surface area (Å²) >= 11 is 0. The SMILES string of the molecule is CCOc1ccccc1NC(=O)[C@@H]1c2ccccc2C(=O)N(C)[C@@H]1c1cn(C)c2ccccc12. The number of anilines is 1. The Morgan fingerprint density at radius 2 is 1.65 bits per heavy atom. The number of ether oxygens (including phenoxy) is 1. The number of nitrogens with one attached hydrogen (secondary N) is 1. The third-order valence-electron chi connectivity index (χ3n) is 6.55. The van der Waals surface area contributed by atoms with E-state index in [0.29, 0.717) is 23.6 Å². The molecule has 1 N–H and O–H groups in total. The number of amides is 2. The van der Waals surface area contributed by atoms with E-state index in [9.17, 15) is 9.59 Å². The molecule has 1 aromatic heterocycles. The van der Waals surface area contributed by atoms with E-state index in [1.165, 1.54) is 0 Å². The number of para-hydroxylation sites is 3. The largest absolute Gasteiger partial charge is 0.492 e. The minimum atomic E-state index is -0.598. The van der Waals surface area contributed by atoms with Crippen LogP contribution in [0.5, 0.6) is 5.75 Å². The first-order valence-corrected chi connectivity index (χ1v) is 11.4. The molecule has 0 unspecified atom stereocenters. The van der Waals surface area contributed by atoms with Crippen molar-refractivity contribution in [1.29, 1.82) is 0 Å². The van der Waals surface area contributed by atoms with E-state index < -0.39 is 12.0 Å². The van der Waals surface area contributed by atoms with Gasteiger partial charge in [-0.25, -0.2) is 0 Å². The van der Waals surface area contributed by atoms with Gasteiger partial charge in [0.25, 0.3) is 5.91 Å². The molecular formula is C28H27N3O3. The molecule has 0 spiro atoms. The first-order valence-electron chi connectivity index (χ1n) is 11.4. The lowest BCUT2D eigenvalue weighted by molar-refractivity contribution is -0.119. The molecule has 5 rings (SSSR count). The molecule has 2 atom stereocenters. The van der Waals surface area contributed by atoms with Gasteiger partial charge in [-0.2, -0.15) is 0 Å². The van der Waals surface area contributed by atoms with Crippen molar-refractivity contribution >= 4 is 28.4 Å². The Bertz CT molecular complexity index is 1390. The molecule has 1 aliphatic heterocycles. The number of hydrogen-bond donors (Lipinski definition) is 1. The molecule has 0 bridgehead atoms. The Morgan fingerprint density at radius 3 is 2.47 bits per heavy atom. The van der Waals surface area contributed by atoms with Crippen LogP contribution in [0.15, 0.2) is 79.0 Å². The van der Waals surface area contributed by atoms with Crippen LogP contribution in [0.3, 0.4) is 0 Å². The number of likely N-dealkylation sites (N-methyl/N-ethyl adjacent to an activating group) is 1. The smallest absolute Gasteiger partial charge is 0.254 e. The van der Waals surface area contributed by atoms with E-state index in [-0.39, 0.29) is 11.8 Å². The van der Waals surface area contributed by atoms with E-state index in [2.05, 4.69) is 5.32 Å². The normalized spacial score (nSPS) is 17.5. The van der Waals surface area contributed by atoms with Gasteiger partial charge in [-0.05, 0) is 36.8 Å². The van der Waals surface area contributed by atoms with Crippen LogP contribution in [-0.2, 0) is 11.8 Å². The predicted octanol–water partition coefficient (Wildman–Crippen LogP) is 5.13. The van der Waals surface area contributed by atoms with E-state index in [1.54, 1.807) is 18.0 Å². The molecule has 2 heterocycles. The molecule has 1 aliphatic rings. The maximum absolute atomic E-state index is 14.0. The predicted molar refractivity (Wildman–Crippen MR) is 133 cm³/mol. The molecule has 4 aromatic rings.